The summed E-state index contributed by atoms with van der Waals surface area (Å²) in [5.74, 6) is 0. The summed E-state index contributed by atoms with van der Waals surface area (Å²) in [5, 5.41) is 7.00. The van der Waals surface area contributed by atoms with Crippen LogP contribution in [0.5, 0.6) is 0 Å². The van der Waals surface area contributed by atoms with E-state index in [0.29, 0.717) is 0 Å². The van der Waals surface area contributed by atoms with E-state index in [2.05, 4.69) is 4.74 Å². The molecule has 52 valence electrons. The molecule has 0 spiro atoms. The lowest BCUT2D eigenvalue weighted by Crippen LogP contribution is -1.55. The summed E-state index contributed by atoms with van der Waals surface area (Å²) < 4.78 is 20.8. The van der Waals surface area contributed by atoms with Crippen molar-refractivity contribution < 1.29 is 14.2 Å². The van der Waals surface area contributed by atoms with Gasteiger partial charge in [0.05, 0.1) is 0 Å². The van der Waals surface area contributed by atoms with Crippen molar-refractivity contribution in [3.63, 3.8) is 0 Å². The summed E-state index contributed by atoms with van der Waals surface area (Å²) >= 11 is 0. The van der Waals surface area contributed by atoms with E-state index < -0.39 is 7.52 Å². The number of halogens is 1. The Bertz CT molecular complexity index is 29.8. The van der Waals surface area contributed by atoms with Crippen LogP contribution in [-0.4, -0.2) is 35.3 Å². The molecule has 0 fully saturated rings. The van der Waals surface area contributed by atoms with E-state index >= 15 is 0 Å². The van der Waals surface area contributed by atoms with Crippen LogP contribution >= 0.6 is 0 Å². The molecule has 0 bridgehead atoms. The first-order valence-electron chi connectivity index (χ1n) is 2.64. The molecule has 0 rings (SSSR count). The zero-order valence-electron chi connectivity index (χ0n) is 6.81. The van der Waals surface area contributed by atoms with Crippen LogP contribution in [-0.2, 0) is 4.74 Å². The van der Waals surface area contributed by atoms with Crippen molar-refractivity contribution in [3.05, 3.63) is 0 Å². The first-order chi connectivity index (χ1) is 4.15. The highest BCUT2D eigenvalue weighted by Gasteiger charge is 1.51. The molecule has 0 aromatic rings. The van der Waals surface area contributed by atoms with Gasteiger partial charge in [-0.2, -0.15) is 0 Å². The van der Waals surface area contributed by atoms with E-state index in [1.54, 1.807) is 14.2 Å². The van der Waals surface area contributed by atoms with Gasteiger partial charge in [-0.15, -0.1) is 0 Å². The normalized spacial score (nSPS) is 6.50. The third-order valence-electron chi connectivity index (χ3n) is 0. The number of ether oxygens (including phenoxy) is 1. The van der Waals surface area contributed by atoms with Crippen molar-refractivity contribution in [2.45, 2.75) is 6.82 Å². The first-order valence-corrected chi connectivity index (χ1v) is 2.06. The highest BCUT2D eigenvalue weighted by atomic mass is 19.1. The zero-order valence-corrected chi connectivity index (χ0v) is 5.81. The van der Waals surface area contributed by atoms with E-state index in [4.69, 9.17) is 6.44 Å². The average Bonchev–Trinajstić information content (AvgIpc) is 1.71. The van der Waals surface area contributed by atoms with Crippen molar-refractivity contribution in [2.24, 2.45) is 0 Å². The molecule has 0 atom stereocenters. The van der Waals surface area contributed by atoms with Gasteiger partial charge in [0.1, 0.15) is 0 Å². The molecule has 0 aliphatic carbocycles. The summed E-state index contributed by atoms with van der Waals surface area (Å²) in [6.45, 7) is 1.17. The molecule has 0 saturated carbocycles. The van der Waals surface area contributed by atoms with E-state index in [-0.39, 0.29) is 0 Å². The van der Waals surface area contributed by atoms with Crippen molar-refractivity contribution >= 4 is 7.52 Å². The number of aliphatic hydroxyl groups excluding tert-OH is 1. The third kappa shape index (κ3) is 19700. The van der Waals surface area contributed by atoms with Crippen LogP contribution < -0.4 is 0 Å². The lowest BCUT2D eigenvalue weighted by Gasteiger charge is -1.61. The van der Waals surface area contributed by atoms with Crippen LogP contribution in [0.25, 0.3) is 0 Å². The average molecular weight is 126 g/mol. The Balaban J connectivity index is -0.0000000646. The number of aliphatic hydroxyl groups is 1. The van der Waals surface area contributed by atoms with Gasteiger partial charge >= 0.3 is 7.52 Å². The van der Waals surface area contributed by atoms with Gasteiger partial charge in [-0.05, 0) is 0 Å². The van der Waals surface area contributed by atoms with E-state index in [0.717, 1.165) is 7.11 Å². The molecule has 0 heterocycles. The van der Waals surface area contributed by atoms with E-state index in [9.17, 15) is 4.32 Å². The van der Waals surface area contributed by atoms with Gasteiger partial charge in [0, 0.05) is 22.7 Å². The second-order valence-electron chi connectivity index (χ2n) is 0.626. The molecule has 0 aliphatic heterocycles. The first kappa shape index (κ1) is 10.8. The minimum atomic E-state index is -1.42. The minimum Gasteiger partial charge on any atom is -0.400 e. The standard InChI is InChI=1S/C2H6O.CH4BF.CH4O/c1-3-2;1-2-3;1-2/h1-2H3;2H,1H3;2H,1H3/i;2T;. The van der Waals surface area contributed by atoms with E-state index in [1.165, 1.54) is 6.82 Å². The largest absolute Gasteiger partial charge is 0.400 e. The Morgan fingerprint density at radius 2 is 1.62 bits per heavy atom. The molecule has 0 aromatic carbocycles. The van der Waals surface area contributed by atoms with Gasteiger partial charge in [0.15, 0.2) is 0 Å². The Morgan fingerprint density at radius 3 is 1.62 bits per heavy atom. The van der Waals surface area contributed by atoms with Gasteiger partial charge in [0.25, 0.3) is 0 Å². The maximum absolute atomic E-state index is 10.7. The highest BCUT2D eigenvalue weighted by Crippen LogP contribution is 1.43. The molecule has 2 nitrogen and oxygen atoms in total. The van der Waals surface area contributed by atoms with Crippen LogP contribution in [0.4, 0.5) is 4.32 Å². The molecule has 0 radical (unpaired) electrons. The molecule has 0 aliphatic rings. The van der Waals surface area contributed by atoms with Crippen LogP contribution in [0, 0.1) is 0 Å². The number of hydrogen-bond acceptors (Lipinski definition) is 2. The van der Waals surface area contributed by atoms with Crippen LogP contribution in [0.2, 0.25) is 6.82 Å². The van der Waals surface area contributed by atoms with Crippen LogP contribution in [0.3, 0.4) is 0 Å². The summed E-state index contributed by atoms with van der Waals surface area (Å²) in [6.07, 6.45) is 0. The Kier molecular flexibility index (Phi) is 89.2. The maximum atomic E-state index is 10.7. The summed E-state index contributed by atoms with van der Waals surface area (Å²) in [4.78, 5) is 0. The fraction of sp³-hybridized carbons (Fsp3) is 1.00. The van der Waals surface area contributed by atoms with Crippen molar-refractivity contribution in [1.82, 2.24) is 0 Å². The molecule has 0 amide bonds. The maximum Gasteiger partial charge on any atom is 0.328 e. The quantitative estimate of drug-likeness (QED) is 0.470. The summed E-state index contributed by atoms with van der Waals surface area (Å²) in [6, 6.07) is 0. The van der Waals surface area contributed by atoms with Crippen molar-refractivity contribution in [3.8, 4) is 0 Å². The Morgan fingerprint density at radius 1 is 1.62 bits per heavy atom. The SMILES string of the molecule is CO.COC.[3H]B(C)F. The fourth-order valence-electron chi connectivity index (χ4n) is 0. The molecule has 0 aromatic heterocycles. The molecule has 1 N–H and O–H groups in total. The predicted octanol–water partition coefficient (Wildman–Crippen LogP) is 0.227. The van der Waals surface area contributed by atoms with Crippen molar-refractivity contribution in [1.29, 1.82) is 1.34 Å². The number of hydrogen-bond donors (Lipinski definition) is 1. The highest BCUT2D eigenvalue weighted by molar-refractivity contribution is 6.23. The fourth-order valence-corrected chi connectivity index (χ4v) is 0. The van der Waals surface area contributed by atoms with Gasteiger partial charge in [-0.3, -0.25) is 0 Å². The lowest BCUT2D eigenvalue weighted by atomic mass is 10.2. The van der Waals surface area contributed by atoms with Gasteiger partial charge in [-0.25, -0.2) is 0 Å². The number of methoxy groups -OCH3 is 1. The van der Waals surface area contributed by atoms with Crippen molar-refractivity contribution in [2.75, 3.05) is 21.3 Å². The predicted molar refractivity (Wildman–Crippen MR) is 35.2 cm³/mol. The monoisotopic (exact) mass is 126 g/mol. The molecular weight excluding hydrogens is 110 g/mol. The molecule has 0 saturated heterocycles. The molecule has 0 unspecified atom stereocenters. The Labute approximate surface area is 52.3 Å². The van der Waals surface area contributed by atoms with Crippen LogP contribution in [0.1, 0.15) is 0 Å². The van der Waals surface area contributed by atoms with Gasteiger partial charge < -0.3 is 14.2 Å². The Hall–Kier alpha value is -0.0851. The molecule has 4 heteroatoms. The van der Waals surface area contributed by atoms with Gasteiger partial charge in [0.2, 0.25) is 0 Å². The minimum absolute atomic E-state index is 1.00. The summed E-state index contributed by atoms with van der Waals surface area (Å²) in [5.41, 5.74) is 0. The second kappa shape index (κ2) is 66.0. The lowest BCUT2D eigenvalue weighted by molar-refractivity contribution is 0.277. The smallest absolute Gasteiger partial charge is 0.328 e. The number of rotatable bonds is 0. The second-order valence-corrected chi connectivity index (χ2v) is 0.626. The summed E-state index contributed by atoms with van der Waals surface area (Å²) in [7, 11) is 2.83. The van der Waals surface area contributed by atoms with E-state index in [1.807, 2.05) is 0 Å². The topological polar surface area (TPSA) is 29.5 Å². The third-order valence-corrected chi connectivity index (χ3v) is 0. The van der Waals surface area contributed by atoms with Gasteiger partial charge in [-0.1, -0.05) is 6.82 Å². The van der Waals surface area contributed by atoms with Crippen LogP contribution in [0.15, 0.2) is 0 Å². The zero-order chi connectivity index (χ0) is 8.28. The molecule has 8 heavy (non-hydrogen) atoms. The molecular formula is C4H14BFO2.